The lowest BCUT2D eigenvalue weighted by Gasteiger charge is -2.28. The molecule has 0 spiro atoms. The lowest BCUT2D eigenvalue weighted by atomic mass is 9.78. The molecule has 0 saturated heterocycles. The zero-order chi connectivity index (χ0) is 20.7. The zero-order valence-electron chi connectivity index (χ0n) is 16.5. The molecule has 1 fully saturated rings. The first-order valence-electron chi connectivity index (χ1n) is 10.4. The fraction of sp³-hybridized carbons (Fsp3) is 0.348. The van der Waals surface area contributed by atoms with Crippen LogP contribution in [0, 0.1) is 0 Å². The van der Waals surface area contributed by atoms with Crippen molar-refractivity contribution in [2.45, 2.75) is 50.6 Å². The topological polar surface area (TPSA) is 71.2 Å². The van der Waals surface area contributed by atoms with Gasteiger partial charge in [-0.25, -0.2) is 4.79 Å². The fourth-order valence-corrected chi connectivity index (χ4v) is 5.03. The molecule has 3 aromatic rings. The molecular formula is C23H23ClN4O2. The number of nitrogens with zero attached hydrogens (tertiary/aromatic N) is 4. The van der Waals surface area contributed by atoms with Gasteiger partial charge in [-0.15, -0.1) is 10.2 Å². The van der Waals surface area contributed by atoms with Gasteiger partial charge in [0.2, 0.25) is 0 Å². The number of halogens is 1. The van der Waals surface area contributed by atoms with Gasteiger partial charge in [0.1, 0.15) is 5.82 Å². The molecule has 0 bridgehead atoms. The van der Waals surface area contributed by atoms with Gasteiger partial charge in [-0.05, 0) is 60.9 Å². The van der Waals surface area contributed by atoms with Crippen molar-refractivity contribution in [2.75, 3.05) is 0 Å². The first kappa shape index (κ1) is 19.1. The predicted octanol–water partition coefficient (Wildman–Crippen LogP) is 5.36. The number of aromatic nitrogens is 3. The summed E-state index contributed by atoms with van der Waals surface area (Å²) in [5.74, 6) is 2.50. The second-order valence-electron chi connectivity index (χ2n) is 8.18. The Morgan fingerprint density at radius 1 is 0.967 bits per heavy atom. The van der Waals surface area contributed by atoms with Gasteiger partial charge in [-0.3, -0.25) is 9.47 Å². The third kappa shape index (κ3) is 3.45. The van der Waals surface area contributed by atoms with E-state index in [4.69, 9.17) is 11.6 Å². The van der Waals surface area contributed by atoms with E-state index in [0.717, 1.165) is 42.8 Å². The Morgan fingerprint density at radius 3 is 2.43 bits per heavy atom. The van der Waals surface area contributed by atoms with Gasteiger partial charge >= 0.3 is 6.09 Å². The highest BCUT2D eigenvalue weighted by Gasteiger charge is 2.31. The zero-order valence-corrected chi connectivity index (χ0v) is 17.3. The van der Waals surface area contributed by atoms with Crippen molar-refractivity contribution in [3.05, 3.63) is 76.3 Å². The minimum Gasteiger partial charge on any atom is -0.465 e. The van der Waals surface area contributed by atoms with E-state index in [1.807, 2.05) is 18.2 Å². The van der Waals surface area contributed by atoms with Crippen molar-refractivity contribution in [2.24, 2.45) is 0 Å². The maximum atomic E-state index is 11.7. The Labute approximate surface area is 180 Å². The highest BCUT2D eigenvalue weighted by Crippen LogP contribution is 2.41. The quantitative estimate of drug-likeness (QED) is 0.603. The minimum atomic E-state index is -0.970. The summed E-state index contributed by atoms with van der Waals surface area (Å²) >= 11 is 6.21. The number of hydrogen-bond donors (Lipinski definition) is 1. The van der Waals surface area contributed by atoms with Crippen LogP contribution < -0.4 is 0 Å². The highest BCUT2D eigenvalue weighted by molar-refractivity contribution is 6.30. The smallest absolute Gasteiger partial charge is 0.408 e. The van der Waals surface area contributed by atoms with Gasteiger partial charge in [0.05, 0.1) is 18.8 Å². The largest absolute Gasteiger partial charge is 0.465 e. The molecule has 154 valence electrons. The van der Waals surface area contributed by atoms with Crippen molar-refractivity contribution >= 4 is 17.7 Å². The van der Waals surface area contributed by atoms with E-state index in [-0.39, 0.29) is 13.1 Å². The lowest BCUT2D eigenvalue weighted by Crippen LogP contribution is -2.27. The number of carbonyl (C=O) groups is 1. The van der Waals surface area contributed by atoms with Crippen molar-refractivity contribution in [1.82, 2.24) is 19.7 Å². The van der Waals surface area contributed by atoms with Crippen molar-refractivity contribution < 1.29 is 9.90 Å². The van der Waals surface area contributed by atoms with Crippen LogP contribution in [0.5, 0.6) is 0 Å². The van der Waals surface area contributed by atoms with Crippen LogP contribution in [0.15, 0.2) is 48.5 Å². The van der Waals surface area contributed by atoms with Gasteiger partial charge in [0, 0.05) is 10.9 Å². The molecule has 1 aromatic heterocycles. The van der Waals surface area contributed by atoms with Crippen LogP contribution in [0.1, 0.15) is 60.3 Å². The Kier molecular flexibility index (Phi) is 4.95. The lowest BCUT2D eigenvalue weighted by molar-refractivity contribution is 0.139. The summed E-state index contributed by atoms with van der Waals surface area (Å²) in [5, 5.41) is 19.1. The van der Waals surface area contributed by atoms with Crippen molar-refractivity contribution in [3.63, 3.8) is 0 Å². The monoisotopic (exact) mass is 422 g/mol. The predicted molar refractivity (Wildman–Crippen MR) is 114 cm³/mol. The van der Waals surface area contributed by atoms with E-state index >= 15 is 0 Å². The normalized spacial score (nSPS) is 20.9. The van der Waals surface area contributed by atoms with Crippen LogP contribution in [-0.2, 0) is 13.1 Å². The number of fused-ring (bicyclic) bond motifs is 3. The van der Waals surface area contributed by atoms with Gasteiger partial charge in [-0.1, -0.05) is 41.9 Å². The van der Waals surface area contributed by atoms with E-state index in [9.17, 15) is 9.90 Å². The molecular weight excluding hydrogens is 400 g/mol. The maximum absolute atomic E-state index is 11.7. The third-order valence-electron chi connectivity index (χ3n) is 6.36. The minimum absolute atomic E-state index is 0.216. The van der Waals surface area contributed by atoms with Crippen LogP contribution in [0.25, 0.3) is 5.69 Å². The maximum Gasteiger partial charge on any atom is 0.408 e. The summed E-state index contributed by atoms with van der Waals surface area (Å²) in [4.78, 5) is 13.1. The number of carboxylic acid groups (broad SMARTS) is 1. The van der Waals surface area contributed by atoms with E-state index in [2.05, 4.69) is 45.1 Å². The number of benzene rings is 2. The number of amides is 1. The van der Waals surface area contributed by atoms with Gasteiger partial charge in [0.15, 0.2) is 5.82 Å². The SMILES string of the molecule is O=C(O)N1Cc2cc(Cl)ccc2-n2c(nnc2C2CCC(c3ccccc3)CC2)C1. The second kappa shape index (κ2) is 7.76. The fourth-order valence-electron chi connectivity index (χ4n) is 4.84. The Bertz CT molecular complexity index is 1070. The van der Waals surface area contributed by atoms with Gasteiger partial charge < -0.3 is 5.11 Å². The van der Waals surface area contributed by atoms with E-state index in [1.54, 1.807) is 0 Å². The van der Waals surface area contributed by atoms with Crippen molar-refractivity contribution in [1.29, 1.82) is 0 Å². The van der Waals surface area contributed by atoms with Crippen LogP contribution >= 0.6 is 11.6 Å². The van der Waals surface area contributed by atoms with Crippen molar-refractivity contribution in [3.8, 4) is 5.69 Å². The van der Waals surface area contributed by atoms with Crippen LogP contribution in [0.4, 0.5) is 4.79 Å². The molecule has 1 amide bonds. The average Bonchev–Trinajstić information content (AvgIpc) is 3.10. The summed E-state index contributed by atoms with van der Waals surface area (Å²) in [6.45, 7) is 0.503. The molecule has 30 heavy (non-hydrogen) atoms. The molecule has 2 heterocycles. The summed E-state index contributed by atoms with van der Waals surface area (Å²) in [6, 6.07) is 16.4. The molecule has 1 aliphatic heterocycles. The summed E-state index contributed by atoms with van der Waals surface area (Å²) in [6.07, 6.45) is 3.35. The number of hydrogen-bond acceptors (Lipinski definition) is 3. The summed E-state index contributed by atoms with van der Waals surface area (Å²) < 4.78 is 2.07. The highest BCUT2D eigenvalue weighted by atomic mass is 35.5. The molecule has 0 radical (unpaired) electrons. The van der Waals surface area contributed by atoms with Crippen LogP contribution in [-0.4, -0.2) is 30.9 Å². The molecule has 1 saturated carbocycles. The van der Waals surface area contributed by atoms with E-state index in [1.165, 1.54) is 10.5 Å². The first-order chi connectivity index (χ1) is 14.6. The third-order valence-corrected chi connectivity index (χ3v) is 6.60. The Morgan fingerprint density at radius 2 is 1.70 bits per heavy atom. The molecule has 1 aliphatic carbocycles. The molecule has 0 atom stereocenters. The number of rotatable bonds is 2. The van der Waals surface area contributed by atoms with E-state index < -0.39 is 6.09 Å². The van der Waals surface area contributed by atoms with E-state index in [0.29, 0.717) is 22.7 Å². The second-order valence-corrected chi connectivity index (χ2v) is 8.62. The summed E-state index contributed by atoms with van der Waals surface area (Å²) in [7, 11) is 0. The molecule has 2 aliphatic rings. The molecule has 1 N–H and O–H groups in total. The summed E-state index contributed by atoms with van der Waals surface area (Å²) in [5.41, 5.74) is 3.22. The standard InChI is InChI=1S/C23H23ClN4O2/c24-19-10-11-20-18(12-19)13-27(23(29)30)14-21-25-26-22(28(20)21)17-8-6-16(7-9-17)15-4-2-1-3-5-15/h1-5,10-12,16-17H,6-9,13-14H2,(H,29,30). The molecule has 6 nitrogen and oxygen atoms in total. The van der Waals surface area contributed by atoms with Gasteiger partial charge in [0.25, 0.3) is 0 Å². The van der Waals surface area contributed by atoms with Gasteiger partial charge in [-0.2, -0.15) is 0 Å². The Hall–Kier alpha value is -2.86. The average molecular weight is 423 g/mol. The first-order valence-corrected chi connectivity index (χ1v) is 10.7. The molecule has 5 rings (SSSR count). The molecule has 7 heteroatoms. The molecule has 0 unspecified atom stereocenters. The Balaban J connectivity index is 1.47. The van der Waals surface area contributed by atoms with Crippen LogP contribution in [0.2, 0.25) is 5.02 Å². The van der Waals surface area contributed by atoms with Crippen LogP contribution in [0.3, 0.4) is 0 Å². The molecule has 2 aromatic carbocycles.